The zero-order valence-corrected chi connectivity index (χ0v) is 15.9. The Kier molecular flexibility index (Phi) is 5.76. The molecule has 0 radical (unpaired) electrons. The lowest BCUT2D eigenvalue weighted by molar-refractivity contribution is -0.609. The summed E-state index contributed by atoms with van der Waals surface area (Å²) in [6.07, 6.45) is 0. The van der Waals surface area contributed by atoms with E-state index in [0.717, 1.165) is 22.2 Å². The van der Waals surface area contributed by atoms with E-state index in [2.05, 4.69) is 0 Å². The summed E-state index contributed by atoms with van der Waals surface area (Å²) in [4.78, 5) is 0. The maximum atomic E-state index is 14.4. The second-order valence-corrected chi connectivity index (χ2v) is 5.98. The van der Waals surface area contributed by atoms with Crippen molar-refractivity contribution in [1.82, 2.24) is 0 Å². The predicted octanol–water partition coefficient (Wildman–Crippen LogP) is 1.55. The van der Waals surface area contributed by atoms with Crippen molar-refractivity contribution in [3.63, 3.8) is 0 Å². The molecule has 3 nitrogen and oxygen atoms in total. The monoisotopic (exact) mass is 381 g/mol. The molecule has 1 aromatic heterocycles. The van der Waals surface area contributed by atoms with Gasteiger partial charge in [0, 0.05) is 19.9 Å². The second-order valence-electron chi connectivity index (χ2n) is 5.57. The van der Waals surface area contributed by atoms with Crippen molar-refractivity contribution in [2.45, 2.75) is 13.8 Å². The molecule has 3 aromatic rings. The van der Waals surface area contributed by atoms with Gasteiger partial charge in [-0.15, -0.1) is 0 Å². The number of fused-ring (bicyclic) bond motifs is 1. The summed E-state index contributed by atoms with van der Waals surface area (Å²) in [5.41, 5.74) is 2.10. The van der Waals surface area contributed by atoms with E-state index in [1.54, 1.807) is 26.4 Å². The third-order valence-electron chi connectivity index (χ3n) is 4.16. The number of rotatable bonds is 3. The van der Waals surface area contributed by atoms with Gasteiger partial charge in [-0.05, 0) is 29.7 Å². The molecule has 0 aliphatic carbocycles. The minimum absolute atomic E-state index is 0. The number of aromatic nitrogens is 1. The molecule has 2 aromatic carbocycles. The van der Waals surface area contributed by atoms with Crippen molar-refractivity contribution < 1.29 is 30.8 Å². The fourth-order valence-corrected chi connectivity index (χ4v) is 3.30. The van der Waals surface area contributed by atoms with Gasteiger partial charge in [0.25, 0.3) is 5.69 Å². The van der Waals surface area contributed by atoms with Crippen LogP contribution in [0.4, 0.5) is 4.39 Å². The summed E-state index contributed by atoms with van der Waals surface area (Å²) in [5, 5.41) is 2.30. The predicted molar refractivity (Wildman–Crippen MR) is 93.0 cm³/mol. The van der Waals surface area contributed by atoms with Crippen LogP contribution in [0.2, 0.25) is 5.02 Å². The van der Waals surface area contributed by atoms with Crippen molar-refractivity contribution in [3.05, 3.63) is 58.6 Å². The molecule has 25 heavy (non-hydrogen) atoms. The molecule has 0 aliphatic rings. The maximum Gasteiger partial charge on any atom is 0.265 e. The van der Waals surface area contributed by atoms with Gasteiger partial charge >= 0.3 is 0 Å². The summed E-state index contributed by atoms with van der Waals surface area (Å²) in [7, 11) is 3.20. The Balaban J connectivity index is 0.00000225. The van der Waals surface area contributed by atoms with Gasteiger partial charge in [0.1, 0.15) is 5.02 Å². The number of nitrogens with zero attached hydrogens (tertiary/aromatic N) is 1. The van der Waals surface area contributed by atoms with E-state index >= 15 is 0 Å². The number of benzene rings is 2. The first-order valence-corrected chi connectivity index (χ1v) is 7.88. The van der Waals surface area contributed by atoms with Crippen LogP contribution in [0, 0.1) is 19.7 Å². The first-order chi connectivity index (χ1) is 11.5. The summed E-state index contributed by atoms with van der Waals surface area (Å²) in [5.74, 6) is 0.923. The highest BCUT2D eigenvalue weighted by atomic mass is 35.5. The maximum absolute atomic E-state index is 14.4. The zero-order chi connectivity index (χ0) is 17.4. The minimum atomic E-state index is -0.362. The van der Waals surface area contributed by atoms with Crippen LogP contribution in [0.3, 0.4) is 0 Å². The first-order valence-electron chi connectivity index (χ1n) is 7.50. The Morgan fingerprint density at radius 3 is 2.24 bits per heavy atom. The SMILES string of the molecule is COc1cc2cc(C)[n+](-c3c(F)cccc3Cl)c(C)c2cc1OC.[Cl-]. The van der Waals surface area contributed by atoms with Crippen LogP contribution in [0.1, 0.15) is 11.4 Å². The number of aryl methyl sites for hydroxylation is 2. The molecular formula is C19H18Cl2FNO2. The molecule has 0 amide bonds. The fourth-order valence-electron chi connectivity index (χ4n) is 3.05. The standard InChI is InChI=1S/C19H18ClFNO2.ClH/c1-11-8-13-9-17(23-3)18(24-4)10-14(13)12(2)22(11)19-15(20)6-5-7-16(19)21;/h5-10H,1-4H3;1H/q+1;/p-1. The molecule has 6 heteroatoms. The van der Waals surface area contributed by atoms with Gasteiger partial charge in [0.2, 0.25) is 0 Å². The van der Waals surface area contributed by atoms with E-state index in [9.17, 15) is 4.39 Å². The van der Waals surface area contributed by atoms with Crippen molar-refractivity contribution in [3.8, 4) is 17.2 Å². The lowest BCUT2D eigenvalue weighted by atomic mass is 10.1. The number of pyridine rings is 1. The van der Waals surface area contributed by atoms with Gasteiger partial charge in [-0.3, -0.25) is 0 Å². The topological polar surface area (TPSA) is 22.3 Å². The first kappa shape index (κ1) is 19.3. The number of ether oxygens (including phenoxy) is 2. The molecule has 0 fully saturated rings. The van der Waals surface area contributed by atoms with E-state index in [1.165, 1.54) is 6.07 Å². The highest BCUT2D eigenvalue weighted by molar-refractivity contribution is 6.32. The van der Waals surface area contributed by atoms with Gasteiger partial charge in [0.15, 0.2) is 28.7 Å². The Labute approximate surface area is 157 Å². The van der Waals surface area contributed by atoms with Crippen LogP contribution >= 0.6 is 11.6 Å². The summed E-state index contributed by atoms with van der Waals surface area (Å²) < 4.78 is 27.0. The second kappa shape index (κ2) is 7.46. The normalized spacial score (nSPS) is 10.5. The van der Waals surface area contributed by atoms with Crippen LogP contribution in [-0.2, 0) is 0 Å². The molecule has 132 valence electrons. The van der Waals surface area contributed by atoms with E-state index < -0.39 is 0 Å². The molecule has 0 unspecified atom stereocenters. The average molecular weight is 382 g/mol. The Hall–Kier alpha value is -2.04. The zero-order valence-electron chi connectivity index (χ0n) is 14.4. The summed E-state index contributed by atoms with van der Waals surface area (Å²) in [6, 6.07) is 10.5. The molecule has 0 N–H and O–H groups in total. The van der Waals surface area contributed by atoms with Crippen molar-refractivity contribution in [1.29, 1.82) is 0 Å². The smallest absolute Gasteiger partial charge is 0.265 e. The molecule has 0 spiro atoms. The van der Waals surface area contributed by atoms with Gasteiger partial charge in [-0.25, -0.2) is 0 Å². The highest BCUT2D eigenvalue weighted by Gasteiger charge is 2.25. The van der Waals surface area contributed by atoms with Gasteiger partial charge in [0.05, 0.1) is 19.6 Å². The average Bonchev–Trinajstić information content (AvgIpc) is 2.56. The molecule has 0 saturated heterocycles. The summed E-state index contributed by atoms with van der Waals surface area (Å²) in [6.45, 7) is 3.86. The number of para-hydroxylation sites is 1. The van der Waals surface area contributed by atoms with Crippen LogP contribution in [0.25, 0.3) is 16.5 Å². The van der Waals surface area contributed by atoms with E-state index in [4.69, 9.17) is 21.1 Å². The molecule has 0 atom stereocenters. The number of halogens is 3. The third kappa shape index (κ3) is 3.24. The molecule has 0 saturated carbocycles. The lowest BCUT2D eigenvalue weighted by Gasteiger charge is -2.12. The minimum Gasteiger partial charge on any atom is -1.00 e. The largest absolute Gasteiger partial charge is 1.00 e. The van der Waals surface area contributed by atoms with E-state index in [0.29, 0.717) is 22.2 Å². The van der Waals surface area contributed by atoms with E-state index in [-0.39, 0.29) is 18.2 Å². The number of methoxy groups -OCH3 is 2. The van der Waals surface area contributed by atoms with E-state index in [1.807, 2.05) is 36.6 Å². The molecular weight excluding hydrogens is 364 g/mol. The quantitative estimate of drug-likeness (QED) is 0.642. The Morgan fingerprint density at radius 2 is 1.64 bits per heavy atom. The number of hydrogen-bond donors (Lipinski definition) is 0. The molecule has 0 aliphatic heterocycles. The van der Waals surface area contributed by atoms with Crippen LogP contribution in [0.15, 0.2) is 36.4 Å². The molecule has 3 rings (SSSR count). The molecule has 0 bridgehead atoms. The highest BCUT2D eigenvalue weighted by Crippen LogP contribution is 2.33. The third-order valence-corrected chi connectivity index (χ3v) is 4.46. The van der Waals surface area contributed by atoms with Gasteiger partial charge in [-0.1, -0.05) is 17.7 Å². The van der Waals surface area contributed by atoms with Crippen molar-refractivity contribution >= 4 is 22.4 Å². The van der Waals surface area contributed by atoms with Crippen molar-refractivity contribution in [2.24, 2.45) is 0 Å². The molecule has 1 heterocycles. The van der Waals surface area contributed by atoms with Gasteiger partial charge < -0.3 is 21.9 Å². The van der Waals surface area contributed by atoms with Gasteiger partial charge in [-0.2, -0.15) is 8.96 Å². The Bertz CT molecular complexity index is 924. The van der Waals surface area contributed by atoms with Crippen LogP contribution in [-0.4, -0.2) is 14.2 Å². The van der Waals surface area contributed by atoms with Crippen LogP contribution < -0.4 is 26.4 Å². The van der Waals surface area contributed by atoms with Crippen LogP contribution in [0.5, 0.6) is 11.5 Å². The summed E-state index contributed by atoms with van der Waals surface area (Å²) >= 11 is 6.26. The fraction of sp³-hybridized carbons (Fsp3) is 0.211. The Morgan fingerprint density at radius 1 is 1.00 bits per heavy atom. The van der Waals surface area contributed by atoms with Crippen molar-refractivity contribution in [2.75, 3.05) is 14.2 Å². The number of hydrogen-bond acceptors (Lipinski definition) is 2. The lowest BCUT2D eigenvalue weighted by Crippen LogP contribution is -3.00.